The molecule has 1 atom stereocenters. The van der Waals surface area contributed by atoms with Gasteiger partial charge >= 0.3 is 0 Å². The Bertz CT molecular complexity index is 435. The van der Waals surface area contributed by atoms with Crippen molar-refractivity contribution in [1.82, 2.24) is 0 Å². The molecule has 0 aliphatic carbocycles. The molecule has 1 unspecified atom stereocenters. The summed E-state index contributed by atoms with van der Waals surface area (Å²) in [5, 5.41) is 2.72. The smallest absolute Gasteiger partial charge is 0.237 e. The molecule has 1 aromatic rings. The first-order valence-electron chi connectivity index (χ1n) is 5.80. The Morgan fingerprint density at radius 2 is 1.83 bits per heavy atom. The van der Waals surface area contributed by atoms with Crippen molar-refractivity contribution in [2.24, 2.45) is 5.73 Å². The molecule has 0 heterocycles. The first kappa shape index (κ1) is 14.9. The molecule has 1 amide bonds. The number of nitrogens with two attached hydrogens (primary N) is 1. The Kier molecular flexibility index (Phi) is 5.04. The molecule has 0 aliphatic rings. The van der Waals surface area contributed by atoms with Gasteiger partial charge in [0.25, 0.3) is 0 Å². The van der Waals surface area contributed by atoms with E-state index in [0.717, 1.165) is 5.56 Å². The summed E-state index contributed by atoms with van der Waals surface area (Å²) in [6, 6.07) is 7.30. The minimum atomic E-state index is -1.18. The molecule has 0 aromatic heterocycles. The number of nitrogens with one attached hydrogen (secondary N) is 1. The summed E-state index contributed by atoms with van der Waals surface area (Å²) in [6.45, 7) is 6.04. The molecule has 0 spiro atoms. The molecule has 0 saturated carbocycles. The first-order chi connectivity index (χ1) is 8.32. The van der Waals surface area contributed by atoms with Crippen molar-refractivity contribution in [3.8, 4) is 0 Å². The number of hydrogen-bond acceptors (Lipinski definition) is 3. The molecule has 1 rings (SSSR count). The fourth-order valence-electron chi connectivity index (χ4n) is 1.26. The van der Waals surface area contributed by atoms with Crippen LogP contribution >= 0.6 is 0 Å². The largest absolute Gasteiger partial charge is 0.326 e. The lowest BCUT2D eigenvalue weighted by molar-refractivity contribution is -0.113. The highest BCUT2D eigenvalue weighted by molar-refractivity contribution is 7.87. The Morgan fingerprint density at radius 3 is 2.28 bits per heavy atom. The molecule has 0 bridgehead atoms. The second-order valence-electron chi connectivity index (χ2n) is 5.05. The predicted molar refractivity (Wildman–Crippen MR) is 75.7 cm³/mol. The van der Waals surface area contributed by atoms with E-state index in [0.29, 0.717) is 12.2 Å². The van der Waals surface area contributed by atoms with E-state index >= 15 is 0 Å². The lowest BCUT2D eigenvalue weighted by Gasteiger charge is -2.17. The van der Waals surface area contributed by atoms with Gasteiger partial charge in [0.15, 0.2) is 0 Å². The first-order valence-corrected chi connectivity index (χ1v) is 7.12. The Labute approximate surface area is 110 Å². The van der Waals surface area contributed by atoms with Crippen LogP contribution < -0.4 is 11.1 Å². The molecule has 0 fully saturated rings. The van der Waals surface area contributed by atoms with Crippen LogP contribution in [-0.2, 0) is 22.1 Å². The average molecular weight is 268 g/mol. The topological polar surface area (TPSA) is 72.2 Å². The van der Waals surface area contributed by atoms with Crippen molar-refractivity contribution in [2.75, 3.05) is 11.1 Å². The van der Waals surface area contributed by atoms with Gasteiger partial charge in [0.2, 0.25) is 5.91 Å². The minimum absolute atomic E-state index is 0.0160. The maximum absolute atomic E-state index is 11.8. The molecule has 0 radical (unpaired) electrons. The predicted octanol–water partition coefficient (Wildman–Crippen LogP) is 1.63. The molecular formula is C13H20N2O2S. The van der Waals surface area contributed by atoms with E-state index in [4.69, 9.17) is 5.73 Å². The van der Waals surface area contributed by atoms with E-state index in [-0.39, 0.29) is 16.4 Å². The van der Waals surface area contributed by atoms with Gasteiger partial charge in [-0.05, 0) is 38.5 Å². The van der Waals surface area contributed by atoms with E-state index < -0.39 is 10.8 Å². The third kappa shape index (κ3) is 4.58. The number of carbonyl (C=O) groups is 1. The highest BCUT2D eigenvalue weighted by Crippen LogP contribution is 2.13. The Morgan fingerprint density at radius 1 is 1.28 bits per heavy atom. The van der Waals surface area contributed by atoms with Gasteiger partial charge in [-0.1, -0.05) is 12.1 Å². The number of benzene rings is 1. The number of amides is 1. The van der Waals surface area contributed by atoms with Crippen molar-refractivity contribution < 1.29 is 9.00 Å². The Hall–Kier alpha value is -1.20. The lowest BCUT2D eigenvalue weighted by Crippen LogP contribution is -2.30. The molecule has 5 heteroatoms. The summed E-state index contributed by atoms with van der Waals surface area (Å²) in [4.78, 5) is 11.7. The zero-order chi connectivity index (χ0) is 13.8. The minimum Gasteiger partial charge on any atom is -0.326 e. The van der Waals surface area contributed by atoms with E-state index in [1.165, 1.54) is 0 Å². The van der Waals surface area contributed by atoms with Crippen LogP contribution in [0, 0.1) is 0 Å². The number of rotatable bonds is 4. The number of carbonyl (C=O) groups excluding carboxylic acids is 1. The SMILES string of the molecule is CC(C)(C)S(=O)CC(=O)Nc1ccc(CN)cc1. The van der Waals surface area contributed by atoms with Crippen LogP contribution in [0.2, 0.25) is 0 Å². The number of anilines is 1. The van der Waals surface area contributed by atoms with Crippen LogP contribution in [-0.4, -0.2) is 20.6 Å². The third-order valence-electron chi connectivity index (χ3n) is 2.42. The van der Waals surface area contributed by atoms with E-state index in [9.17, 15) is 9.00 Å². The van der Waals surface area contributed by atoms with Gasteiger partial charge < -0.3 is 11.1 Å². The fourth-order valence-corrected chi connectivity index (χ4v) is 2.00. The second-order valence-corrected chi connectivity index (χ2v) is 7.26. The second kappa shape index (κ2) is 6.11. The van der Waals surface area contributed by atoms with Gasteiger partial charge in [-0.2, -0.15) is 0 Å². The average Bonchev–Trinajstić information content (AvgIpc) is 2.28. The summed E-state index contributed by atoms with van der Waals surface area (Å²) < 4.78 is 11.4. The van der Waals surface area contributed by atoms with Gasteiger partial charge in [0.05, 0.1) is 0 Å². The molecule has 3 N–H and O–H groups in total. The van der Waals surface area contributed by atoms with Crippen molar-refractivity contribution in [2.45, 2.75) is 32.1 Å². The molecule has 0 saturated heterocycles. The van der Waals surface area contributed by atoms with Gasteiger partial charge in [-0.3, -0.25) is 9.00 Å². The van der Waals surface area contributed by atoms with Crippen molar-refractivity contribution in [1.29, 1.82) is 0 Å². The van der Waals surface area contributed by atoms with E-state index in [1.54, 1.807) is 12.1 Å². The molecule has 4 nitrogen and oxygen atoms in total. The molecule has 18 heavy (non-hydrogen) atoms. The van der Waals surface area contributed by atoms with Gasteiger partial charge in [-0.25, -0.2) is 0 Å². The van der Waals surface area contributed by atoms with Crippen LogP contribution in [0.1, 0.15) is 26.3 Å². The lowest BCUT2D eigenvalue weighted by atomic mass is 10.2. The van der Waals surface area contributed by atoms with Crippen molar-refractivity contribution in [3.63, 3.8) is 0 Å². The third-order valence-corrected chi connectivity index (χ3v) is 4.31. The zero-order valence-corrected chi connectivity index (χ0v) is 11.8. The number of hydrogen-bond donors (Lipinski definition) is 2. The van der Waals surface area contributed by atoms with Crippen molar-refractivity contribution >= 4 is 22.4 Å². The van der Waals surface area contributed by atoms with E-state index in [2.05, 4.69) is 5.32 Å². The maximum atomic E-state index is 11.8. The van der Waals surface area contributed by atoms with Gasteiger partial charge in [0.1, 0.15) is 5.75 Å². The zero-order valence-electron chi connectivity index (χ0n) is 11.0. The normalized spacial score (nSPS) is 13.1. The standard InChI is InChI=1S/C13H20N2O2S/c1-13(2,3)18(17)9-12(16)15-11-6-4-10(8-14)5-7-11/h4-7H,8-9,14H2,1-3H3,(H,15,16). The van der Waals surface area contributed by atoms with Gasteiger partial charge in [0, 0.05) is 27.8 Å². The quantitative estimate of drug-likeness (QED) is 0.871. The Balaban J connectivity index is 2.57. The van der Waals surface area contributed by atoms with Crippen molar-refractivity contribution in [3.05, 3.63) is 29.8 Å². The summed E-state index contributed by atoms with van der Waals surface area (Å²) >= 11 is 0. The maximum Gasteiger partial charge on any atom is 0.237 e. The molecule has 1 aromatic carbocycles. The highest BCUT2D eigenvalue weighted by Gasteiger charge is 2.21. The van der Waals surface area contributed by atoms with Crippen LogP contribution in [0.5, 0.6) is 0 Å². The molecular weight excluding hydrogens is 248 g/mol. The molecule has 0 aliphatic heterocycles. The fraction of sp³-hybridized carbons (Fsp3) is 0.462. The summed E-state index contributed by atoms with van der Waals surface area (Å²) in [7, 11) is -1.18. The summed E-state index contributed by atoms with van der Waals surface area (Å²) in [6.07, 6.45) is 0. The summed E-state index contributed by atoms with van der Waals surface area (Å²) in [5.74, 6) is -0.217. The molecule has 100 valence electrons. The van der Waals surface area contributed by atoms with Crippen LogP contribution in [0.15, 0.2) is 24.3 Å². The van der Waals surface area contributed by atoms with Crippen LogP contribution in [0.4, 0.5) is 5.69 Å². The van der Waals surface area contributed by atoms with Crippen LogP contribution in [0.3, 0.4) is 0 Å². The van der Waals surface area contributed by atoms with E-state index in [1.807, 2.05) is 32.9 Å². The van der Waals surface area contributed by atoms with Crippen LogP contribution in [0.25, 0.3) is 0 Å². The summed E-state index contributed by atoms with van der Waals surface area (Å²) in [5.41, 5.74) is 7.19. The highest BCUT2D eigenvalue weighted by atomic mass is 32.2. The van der Waals surface area contributed by atoms with Gasteiger partial charge in [-0.15, -0.1) is 0 Å². The monoisotopic (exact) mass is 268 g/mol.